The zero-order valence-electron chi connectivity index (χ0n) is 17.0. The number of rotatable bonds is 5. The van der Waals surface area contributed by atoms with Gasteiger partial charge < -0.3 is 14.4 Å². The van der Waals surface area contributed by atoms with E-state index in [0.29, 0.717) is 26.1 Å². The van der Waals surface area contributed by atoms with Gasteiger partial charge in [0.1, 0.15) is 11.9 Å². The SMILES string of the molecule is COCCN1C(=O)C2CC(CN2Cc2ccnc3ccccc23)Oc2ccccc21. The number of carbonyl (C=O) groups is 1. The van der Waals surface area contributed by atoms with Crippen molar-refractivity contribution < 1.29 is 14.3 Å². The van der Waals surface area contributed by atoms with Gasteiger partial charge in [-0.15, -0.1) is 0 Å². The highest BCUT2D eigenvalue weighted by Crippen LogP contribution is 2.36. The van der Waals surface area contributed by atoms with Gasteiger partial charge in [-0.05, 0) is 29.8 Å². The number of fused-ring (bicyclic) bond motifs is 4. The molecule has 5 rings (SSSR count). The lowest BCUT2D eigenvalue weighted by atomic mass is 10.1. The molecule has 0 saturated carbocycles. The number of likely N-dealkylation sites (tertiary alicyclic amines) is 1. The highest BCUT2D eigenvalue weighted by Gasteiger charge is 2.42. The lowest BCUT2D eigenvalue weighted by molar-refractivity contribution is -0.123. The first-order chi connectivity index (χ1) is 14.7. The van der Waals surface area contributed by atoms with E-state index in [0.717, 1.165) is 28.9 Å². The van der Waals surface area contributed by atoms with Gasteiger partial charge in [0.15, 0.2) is 0 Å². The van der Waals surface area contributed by atoms with Crippen LogP contribution < -0.4 is 9.64 Å². The lowest BCUT2D eigenvalue weighted by Gasteiger charge is -2.31. The molecule has 2 aliphatic heterocycles. The van der Waals surface area contributed by atoms with E-state index in [1.807, 2.05) is 53.6 Å². The van der Waals surface area contributed by atoms with Gasteiger partial charge in [0.25, 0.3) is 0 Å². The summed E-state index contributed by atoms with van der Waals surface area (Å²) in [6.07, 6.45) is 2.54. The molecule has 0 spiro atoms. The number of benzene rings is 2. The predicted molar refractivity (Wildman–Crippen MR) is 116 cm³/mol. The zero-order chi connectivity index (χ0) is 20.5. The first-order valence-corrected chi connectivity index (χ1v) is 10.4. The van der Waals surface area contributed by atoms with Crippen LogP contribution in [0.2, 0.25) is 0 Å². The molecule has 6 nitrogen and oxygen atoms in total. The minimum Gasteiger partial charge on any atom is -0.487 e. The normalized spacial score (nSPS) is 21.2. The monoisotopic (exact) mass is 403 g/mol. The van der Waals surface area contributed by atoms with Gasteiger partial charge in [-0.2, -0.15) is 0 Å². The van der Waals surface area contributed by atoms with Crippen molar-refractivity contribution in [1.29, 1.82) is 0 Å². The molecular formula is C24H25N3O3. The molecule has 154 valence electrons. The molecule has 6 heteroatoms. The molecule has 1 saturated heterocycles. The Bertz CT molecular complexity index is 1070. The zero-order valence-corrected chi connectivity index (χ0v) is 17.0. The van der Waals surface area contributed by atoms with E-state index in [4.69, 9.17) is 9.47 Å². The van der Waals surface area contributed by atoms with Crippen molar-refractivity contribution in [3.05, 3.63) is 66.4 Å². The standard InChI is InChI=1S/C24H25N3O3/c1-29-13-12-27-21-8-4-5-9-23(21)30-18-14-22(24(27)28)26(16-18)15-17-10-11-25-20-7-3-2-6-19(17)20/h2-11,18,22H,12-16H2,1H3. The van der Waals surface area contributed by atoms with E-state index in [-0.39, 0.29) is 18.1 Å². The molecule has 2 bridgehead atoms. The molecule has 3 aromatic rings. The van der Waals surface area contributed by atoms with Crippen LogP contribution in [-0.4, -0.2) is 54.7 Å². The van der Waals surface area contributed by atoms with Gasteiger partial charge in [-0.3, -0.25) is 14.7 Å². The van der Waals surface area contributed by atoms with Crippen LogP contribution >= 0.6 is 0 Å². The molecule has 2 aliphatic rings. The van der Waals surface area contributed by atoms with E-state index in [1.54, 1.807) is 7.11 Å². The highest BCUT2D eigenvalue weighted by molar-refractivity contribution is 5.99. The number of anilines is 1. The Labute approximate surface area is 176 Å². The summed E-state index contributed by atoms with van der Waals surface area (Å²) in [7, 11) is 1.66. The van der Waals surface area contributed by atoms with E-state index < -0.39 is 0 Å². The number of aromatic nitrogens is 1. The fourth-order valence-electron chi connectivity index (χ4n) is 4.56. The molecule has 0 aliphatic carbocycles. The van der Waals surface area contributed by atoms with E-state index in [2.05, 4.69) is 22.0 Å². The molecule has 2 atom stereocenters. The van der Waals surface area contributed by atoms with E-state index in [1.165, 1.54) is 5.56 Å². The number of nitrogens with zero attached hydrogens (tertiary/aromatic N) is 3. The molecule has 0 N–H and O–H groups in total. The van der Waals surface area contributed by atoms with Gasteiger partial charge in [0, 0.05) is 44.7 Å². The van der Waals surface area contributed by atoms with Crippen molar-refractivity contribution >= 4 is 22.5 Å². The predicted octanol–water partition coefficient (Wildman–Crippen LogP) is 3.25. The molecule has 3 heterocycles. The Kier molecular flexibility index (Phi) is 5.11. The maximum Gasteiger partial charge on any atom is 0.244 e. The first-order valence-electron chi connectivity index (χ1n) is 10.4. The van der Waals surface area contributed by atoms with Gasteiger partial charge in [-0.1, -0.05) is 30.3 Å². The van der Waals surface area contributed by atoms with Crippen LogP contribution in [0.25, 0.3) is 10.9 Å². The molecule has 2 aromatic carbocycles. The molecular weight excluding hydrogens is 378 g/mol. The van der Waals surface area contributed by atoms with Gasteiger partial charge >= 0.3 is 0 Å². The summed E-state index contributed by atoms with van der Waals surface area (Å²) >= 11 is 0. The first kappa shape index (κ1) is 19.0. The third kappa shape index (κ3) is 3.42. The molecule has 2 unspecified atom stereocenters. The van der Waals surface area contributed by atoms with Crippen molar-refractivity contribution in [3.8, 4) is 5.75 Å². The number of hydrogen-bond acceptors (Lipinski definition) is 5. The Hall–Kier alpha value is -2.96. The number of methoxy groups -OCH3 is 1. The number of pyridine rings is 1. The van der Waals surface area contributed by atoms with E-state index >= 15 is 0 Å². The Morgan fingerprint density at radius 2 is 1.97 bits per heavy atom. The third-order valence-electron chi connectivity index (χ3n) is 6.00. The van der Waals surface area contributed by atoms with Gasteiger partial charge in [0.2, 0.25) is 5.91 Å². The van der Waals surface area contributed by atoms with Crippen molar-refractivity contribution in [2.45, 2.75) is 25.1 Å². The fourth-order valence-corrected chi connectivity index (χ4v) is 4.56. The summed E-state index contributed by atoms with van der Waals surface area (Å²) in [4.78, 5) is 22.2. The van der Waals surface area contributed by atoms with Crippen molar-refractivity contribution in [2.75, 3.05) is 31.7 Å². The molecule has 0 radical (unpaired) electrons. The van der Waals surface area contributed by atoms with Crippen molar-refractivity contribution in [1.82, 2.24) is 9.88 Å². The summed E-state index contributed by atoms with van der Waals surface area (Å²) in [5.41, 5.74) is 2.98. The van der Waals surface area contributed by atoms with Crippen LogP contribution in [0, 0.1) is 0 Å². The summed E-state index contributed by atoms with van der Waals surface area (Å²) in [6, 6.07) is 17.8. The Morgan fingerprint density at radius 1 is 1.13 bits per heavy atom. The largest absolute Gasteiger partial charge is 0.487 e. The number of ether oxygens (including phenoxy) is 2. The topological polar surface area (TPSA) is 54.9 Å². The summed E-state index contributed by atoms with van der Waals surface area (Å²) in [5.74, 6) is 0.880. The molecule has 1 aromatic heterocycles. The van der Waals surface area contributed by atoms with Gasteiger partial charge in [0.05, 0.1) is 23.9 Å². The van der Waals surface area contributed by atoms with Crippen molar-refractivity contribution in [2.24, 2.45) is 0 Å². The molecule has 1 fully saturated rings. The third-order valence-corrected chi connectivity index (χ3v) is 6.00. The second kappa shape index (κ2) is 8.05. The van der Waals surface area contributed by atoms with Gasteiger partial charge in [-0.25, -0.2) is 0 Å². The Balaban J connectivity index is 1.48. The molecule has 30 heavy (non-hydrogen) atoms. The summed E-state index contributed by atoms with van der Waals surface area (Å²) in [6.45, 7) is 2.39. The van der Waals surface area contributed by atoms with Crippen LogP contribution in [0.15, 0.2) is 60.8 Å². The number of hydrogen-bond donors (Lipinski definition) is 0. The van der Waals surface area contributed by atoms with Crippen LogP contribution in [0.3, 0.4) is 0 Å². The highest BCUT2D eigenvalue weighted by atomic mass is 16.5. The second-order valence-electron chi connectivity index (χ2n) is 7.86. The minimum absolute atomic E-state index is 0.00206. The van der Waals surface area contributed by atoms with Crippen LogP contribution in [-0.2, 0) is 16.1 Å². The van der Waals surface area contributed by atoms with Crippen LogP contribution in [0.1, 0.15) is 12.0 Å². The van der Waals surface area contributed by atoms with Crippen LogP contribution in [0.5, 0.6) is 5.75 Å². The van der Waals surface area contributed by atoms with Crippen LogP contribution in [0.4, 0.5) is 5.69 Å². The maximum absolute atomic E-state index is 13.6. The maximum atomic E-state index is 13.6. The smallest absolute Gasteiger partial charge is 0.244 e. The number of para-hydroxylation sites is 3. The average Bonchev–Trinajstić information content (AvgIpc) is 3.17. The Morgan fingerprint density at radius 3 is 2.87 bits per heavy atom. The number of carbonyl (C=O) groups excluding carboxylic acids is 1. The quantitative estimate of drug-likeness (QED) is 0.655. The number of amides is 1. The average molecular weight is 403 g/mol. The second-order valence-corrected chi connectivity index (χ2v) is 7.86. The summed E-state index contributed by atoms with van der Waals surface area (Å²) < 4.78 is 11.6. The molecule has 1 amide bonds. The summed E-state index contributed by atoms with van der Waals surface area (Å²) in [5, 5.41) is 1.13. The minimum atomic E-state index is -0.216. The van der Waals surface area contributed by atoms with Crippen molar-refractivity contribution in [3.63, 3.8) is 0 Å². The lowest BCUT2D eigenvalue weighted by Crippen LogP contribution is -2.47. The fraction of sp³-hybridized carbons (Fsp3) is 0.333. The van der Waals surface area contributed by atoms with E-state index in [9.17, 15) is 4.79 Å².